The summed E-state index contributed by atoms with van der Waals surface area (Å²) in [7, 11) is 3.51. The van der Waals surface area contributed by atoms with E-state index in [-0.39, 0.29) is 24.0 Å². The lowest BCUT2D eigenvalue weighted by Crippen LogP contribution is -2.39. The van der Waals surface area contributed by atoms with Crippen molar-refractivity contribution in [1.29, 1.82) is 0 Å². The summed E-state index contributed by atoms with van der Waals surface area (Å²) in [5.74, 6) is 1.77. The van der Waals surface area contributed by atoms with Crippen LogP contribution in [0.5, 0.6) is 0 Å². The molecule has 0 aromatic carbocycles. The van der Waals surface area contributed by atoms with Crippen molar-refractivity contribution >= 4 is 29.9 Å². The molecular weight excluding hydrogens is 369 g/mol. The minimum atomic E-state index is 0. The topological polar surface area (TPSA) is 54.9 Å². The number of nitrogens with one attached hydrogen (secondary N) is 2. The van der Waals surface area contributed by atoms with Crippen LogP contribution >= 0.6 is 24.0 Å². The highest BCUT2D eigenvalue weighted by Gasteiger charge is 2.36. The molecule has 2 atom stereocenters. The first-order valence-electron chi connectivity index (χ1n) is 7.35. The summed E-state index contributed by atoms with van der Waals surface area (Å²) in [5, 5.41) is 6.79. The smallest absolute Gasteiger partial charge is 0.191 e. The van der Waals surface area contributed by atoms with E-state index in [1.165, 1.54) is 19.3 Å². The highest BCUT2D eigenvalue weighted by Crippen LogP contribution is 2.34. The van der Waals surface area contributed by atoms with Gasteiger partial charge >= 0.3 is 0 Å². The molecule has 120 valence electrons. The van der Waals surface area contributed by atoms with Crippen molar-refractivity contribution in [1.82, 2.24) is 10.6 Å². The molecule has 5 nitrogen and oxygen atoms in total. The van der Waals surface area contributed by atoms with Gasteiger partial charge in [0.1, 0.15) is 0 Å². The van der Waals surface area contributed by atoms with Crippen LogP contribution < -0.4 is 10.6 Å². The standard InChI is InChI=1S/C14H29N3O2.HI/c1-4-6-12-11-13(12)17-14(15-2)16-7-5-8-19-10-9-18-3;/h12-13H,4-11H2,1-3H3,(H2,15,16,17);1H. The van der Waals surface area contributed by atoms with Gasteiger partial charge in [-0.1, -0.05) is 13.3 Å². The molecule has 1 aliphatic rings. The second-order valence-corrected chi connectivity index (χ2v) is 4.99. The van der Waals surface area contributed by atoms with Crippen molar-refractivity contribution < 1.29 is 9.47 Å². The van der Waals surface area contributed by atoms with Gasteiger partial charge in [0, 0.05) is 33.4 Å². The third-order valence-corrected chi connectivity index (χ3v) is 3.32. The zero-order valence-corrected chi connectivity index (χ0v) is 15.3. The Morgan fingerprint density at radius 2 is 2.10 bits per heavy atom. The molecule has 0 aliphatic heterocycles. The van der Waals surface area contributed by atoms with Crippen LogP contribution in [0.25, 0.3) is 0 Å². The van der Waals surface area contributed by atoms with Crippen LogP contribution in [-0.2, 0) is 9.47 Å². The molecule has 0 saturated heterocycles. The largest absolute Gasteiger partial charge is 0.382 e. The van der Waals surface area contributed by atoms with Crippen LogP contribution in [0.1, 0.15) is 32.6 Å². The van der Waals surface area contributed by atoms with Crippen LogP contribution in [0, 0.1) is 5.92 Å². The zero-order chi connectivity index (χ0) is 13.9. The number of aliphatic imine (C=N–C) groups is 1. The Hall–Kier alpha value is -0.0800. The predicted molar refractivity (Wildman–Crippen MR) is 94.0 cm³/mol. The number of rotatable bonds is 10. The third-order valence-electron chi connectivity index (χ3n) is 3.32. The fourth-order valence-electron chi connectivity index (χ4n) is 2.11. The summed E-state index contributed by atoms with van der Waals surface area (Å²) in [6.45, 7) is 5.22. The molecule has 1 aliphatic carbocycles. The molecule has 1 rings (SSSR count). The van der Waals surface area contributed by atoms with Crippen molar-refractivity contribution in [2.24, 2.45) is 10.9 Å². The van der Waals surface area contributed by atoms with Gasteiger partial charge in [-0.25, -0.2) is 0 Å². The van der Waals surface area contributed by atoms with Crippen molar-refractivity contribution in [3.63, 3.8) is 0 Å². The van der Waals surface area contributed by atoms with E-state index < -0.39 is 0 Å². The molecule has 0 bridgehead atoms. The first-order valence-corrected chi connectivity index (χ1v) is 7.35. The van der Waals surface area contributed by atoms with Gasteiger partial charge in [-0.3, -0.25) is 4.99 Å². The second kappa shape index (κ2) is 12.6. The van der Waals surface area contributed by atoms with Gasteiger partial charge in [0.2, 0.25) is 0 Å². The van der Waals surface area contributed by atoms with Crippen molar-refractivity contribution in [2.75, 3.05) is 40.5 Å². The van der Waals surface area contributed by atoms with Crippen molar-refractivity contribution in [3.8, 4) is 0 Å². The van der Waals surface area contributed by atoms with Crippen LogP contribution in [0.4, 0.5) is 0 Å². The van der Waals surface area contributed by atoms with Gasteiger partial charge in [-0.2, -0.15) is 0 Å². The summed E-state index contributed by atoms with van der Waals surface area (Å²) in [5.41, 5.74) is 0. The first kappa shape index (κ1) is 19.9. The highest BCUT2D eigenvalue weighted by atomic mass is 127. The van der Waals surface area contributed by atoms with Crippen molar-refractivity contribution in [3.05, 3.63) is 0 Å². The Morgan fingerprint density at radius 3 is 2.75 bits per heavy atom. The molecule has 0 radical (unpaired) electrons. The molecule has 0 amide bonds. The SMILES string of the molecule is CCCC1CC1NC(=NC)NCCCOCCOC.I. The maximum atomic E-state index is 5.41. The van der Waals surface area contributed by atoms with Gasteiger partial charge < -0.3 is 20.1 Å². The van der Waals surface area contributed by atoms with Gasteiger partial charge in [-0.05, 0) is 25.2 Å². The summed E-state index contributed by atoms with van der Waals surface area (Å²) in [6.07, 6.45) is 4.86. The molecule has 0 aromatic heterocycles. The number of guanidine groups is 1. The van der Waals surface area contributed by atoms with Crippen LogP contribution in [0.2, 0.25) is 0 Å². The number of hydrogen-bond acceptors (Lipinski definition) is 3. The fraction of sp³-hybridized carbons (Fsp3) is 0.929. The Bertz CT molecular complexity index is 265. The average molecular weight is 399 g/mol. The number of halogens is 1. The Labute approximate surface area is 140 Å². The lowest BCUT2D eigenvalue weighted by molar-refractivity contribution is 0.0698. The maximum Gasteiger partial charge on any atom is 0.191 e. The van der Waals surface area contributed by atoms with Gasteiger partial charge in [0.15, 0.2) is 5.96 Å². The quantitative estimate of drug-likeness (QED) is 0.256. The number of methoxy groups -OCH3 is 1. The Balaban J connectivity index is 0.00000361. The lowest BCUT2D eigenvalue weighted by atomic mass is 10.2. The van der Waals surface area contributed by atoms with Gasteiger partial charge in [-0.15, -0.1) is 24.0 Å². The summed E-state index contributed by atoms with van der Waals surface area (Å²) < 4.78 is 10.3. The van der Waals surface area contributed by atoms with Gasteiger partial charge in [0.25, 0.3) is 0 Å². The summed E-state index contributed by atoms with van der Waals surface area (Å²) in [6, 6.07) is 0.629. The number of nitrogens with zero attached hydrogens (tertiary/aromatic N) is 1. The molecule has 1 saturated carbocycles. The molecule has 2 N–H and O–H groups in total. The Kier molecular flexibility index (Phi) is 12.6. The molecule has 20 heavy (non-hydrogen) atoms. The molecule has 2 unspecified atom stereocenters. The molecule has 0 spiro atoms. The zero-order valence-electron chi connectivity index (χ0n) is 13.0. The third kappa shape index (κ3) is 8.97. The van der Waals surface area contributed by atoms with E-state index in [0.29, 0.717) is 19.3 Å². The van der Waals surface area contributed by atoms with Crippen LogP contribution in [0.3, 0.4) is 0 Å². The Morgan fingerprint density at radius 1 is 1.30 bits per heavy atom. The second-order valence-electron chi connectivity index (χ2n) is 4.99. The number of ether oxygens (including phenoxy) is 2. The molecule has 0 aromatic rings. The lowest BCUT2D eigenvalue weighted by Gasteiger charge is -2.11. The van der Waals surface area contributed by atoms with E-state index in [1.807, 2.05) is 7.05 Å². The van der Waals surface area contributed by atoms with E-state index in [2.05, 4.69) is 22.5 Å². The van der Waals surface area contributed by atoms with E-state index >= 15 is 0 Å². The van der Waals surface area contributed by atoms with E-state index in [1.54, 1.807) is 7.11 Å². The van der Waals surface area contributed by atoms with E-state index in [4.69, 9.17) is 9.47 Å². The molecule has 1 fully saturated rings. The van der Waals surface area contributed by atoms with E-state index in [0.717, 1.165) is 31.4 Å². The normalized spacial score (nSPS) is 21.2. The number of hydrogen-bond donors (Lipinski definition) is 2. The van der Waals surface area contributed by atoms with Crippen molar-refractivity contribution in [2.45, 2.75) is 38.6 Å². The summed E-state index contributed by atoms with van der Waals surface area (Å²) in [4.78, 5) is 4.24. The minimum absolute atomic E-state index is 0. The minimum Gasteiger partial charge on any atom is -0.382 e. The molecule has 0 heterocycles. The monoisotopic (exact) mass is 399 g/mol. The molecular formula is C14H30IN3O2. The van der Waals surface area contributed by atoms with Crippen LogP contribution in [0.15, 0.2) is 4.99 Å². The van der Waals surface area contributed by atoms with Gasteiger partial charge in [0.05, 0.1) is 13.2 Å². The predicted octanol–water partition coefficient (Wildman–Crippen LogP) is 2.01. The van der Waals surface area contributed by atoms with E-state index in [9.17, 15) is 0 Å². The first-order chi connectivity index (χ1) is 9.31. The fourth-order valence-corrected chi connectivity index (χ4v) is 2.11. The summed E-state index contributed by atoms with van der Waals surface area (Å²) >= 11 is 0. The highest BCUT2D eigenvalue weighted by molar-refractivity contribution is 14.0. The van der Waals surface area contributed by atoms with Crippen LogP contribution in [-0.4, -0.2) is 52.5 Å². The maximum absolute atomic E-state index is 5.41. The average Bonchev–Trinajstić information content (AvgIpc) is 3.14. The molecule has 6 heteroatoms.